The smallest absolute Gasteiger partial charge is 0.335 e. The van der Waals surface area contributed by atoms with Crippen LogP contribution in [0.1, 0.15) is 42.2 Å². The van der Waals surface area contributed by atoms with E-state index in [0.717, 1.165) is 17.7 Å². The van der Waals surface area contributed by atoms with Crippen molar-refractivity contribution in [1.29, 1.82) is 0 Å². The lowest BCUT2D eigenvalue weighted by atomic mass is 9.95. The van der Waals surface area contributed by atoms with Gasteiger partial charge in [0.05, 0.1) is 33.8 Å². The largest absolute Gasteiger partial charge is 0.496 e. The van der Waals surface area contributed by atoms with Gasteiger partial charge in [-0.1, -0.05) is 47.5 Å². The molecule has 1 atom stereocenters. The first-order valence-corrected chi connectivity index (χ1v) is 11.5. The molecule has 0 fully saturated rings. The zero-order valence-corrected chi connectivity index (χ0v) is 21.1. The Morgan fingerprint density at radius 2 is 1.43 bits per heavy atom. The Hall–Kier alpha value is -4.08. The fourth-order valence-corrected chi connectivity index (χ4v) is 4.46. The summed E-state index contributed by atoms with van der Waals surface area (Å²) >= 11 is 12.1. The zero-order chi connectivity index (χ0) is 27.4. The number of halogens is 2. The molecule has 0 unspecified atom stereocenters. The summed E-state index contributed by atoms with van der Waals surface area (Å²) in [6, 6.07) is 10.6. The van der Waals surface area contributed by atoms with Gasteiger partial charge in [-0.25, -0.2) is 14.4 Å². The third-order valence-electron chi connectivity index (χ3n) is 5.57. The van der Waals surface area contributed by atoms with E-state index in [0.29, 0.717) is 22.4 Å². The van der Waals surface area contributed by atoms with Gasteiger partial charge >= 0.3 is 17.9 Å². The first kappa shape index (κ1) is 27.5. The molecule has 4 N–H and O–H groups in total. The van der Waals surface area contributed by atoms with Gasteiger partial charge in [0.15, 0.2) is 0 Å². The van der Waals surface area contributed by atoms with Crippen molar-refractivity contribution in [3.63, 3.8) is 0 Å². The van der Waals surface area contributed by atoms with Crippen LogP contribution in [0.4, 0.5) is 0 Å². The van der Waals surface area contributed by atoms with Gasteiger partial charge in [-0.3, -0.25) is 4.79 Å². The van der Waals surface area contributed by atoms with Crippen LogP contribution in [0.25, 0.3) is 11.1 Å². The number of nitrogens with one attached hydrogen (secondary N) is 1. The Morgan fingerprint density at radius 3 is 1.92 bits per heavy atom. The molecule has 3 rings (SSSR count). The number of carbonyl (C=O) groups is 4. The fraction of sp³-hybridized carbons (Fsp3) is 0.154. The molecule has 11 heteroatoms. The van der Waals surface area contributed by atoms with Crippen LogP contribution in [0, 0.1) is 6.92 Å². The Kier molecular flexibility index (Phi) is 8.42. The van der Waals surface area contributed by atoms with Gasteiger partial charge < -0.3 is 25.4 Å². The van der Waals surface area contributed by atoms with Crippen LogP contribution < -0.4 is 10.1 Å². The standard InChI is InChI=1S/C26H21Cl2NO8/c1-12-7-15(24(31)32)11-20(37-2)21(12)14-5-3-13(4-6-14)8-19(26(35)36)29-23(30)22-17(27)9-16(25(33)34)10-18(22)28/h3-7,9-11,19H,8H2,1-2H3,(H,29,30)(H,31,32)(H,33,34)(H,35,36)/t19-/m0/s1. The van der Waals surface area contributed by atoms with Gasteiger partial charge in [-0.15, -0.1) is 0 Å². The van der Waals surface area contributed by atoms with Gasteiger partial charge in [-0.05, 0) is 47.9 Å². The number of hydrogen-bond donors (Lipinski definition) is 4. The molecule has 1 amide bonds. The highest BCUT2D eigenvalue weighted by Gasteiger charge is 2.25. The van der Waals surface area contributed by atoms with Crippen molar-refractivity contribution < 1.29 is 39.2 Å². The summed E-state index contributed by atoms with van der Waals surface area (Å²) < 4.78 is 5.38. The predicted octanol–water partition coefficient (Wildman–Crippen LogP) is 4.80. The number of amides is 1. The Bertz CT molecular complexity index is 1380. The minimum atomic E-state index is -1.34. The van der Waals surface area contributed by atoms with Gasteiger partial charge in [0.1, 0.15) is 11.8 Å². The molecule has 0 aliphatic rings. The number of hydrogen-bond acceptors (Lipinski definition) is 5. The number of aromatic carboxylic acids is 2. The van der Waals surface area contributed by atoms with Crippen LogP contribution in [0.15, 0.2) is 48.5 Å². The summed E-state index contributed by atoms with van der Waals surface area (Å²) in [7, 11) is 1.44. The van der Waals surface area contributed by atoms with Crippen LogP contribution in [0.5, 0.6) is 5.75 Å². The molecule has 37 heavy (non-hydrogen) atoms. The Morgan fingerprint density at radius 1 is 0.892 bits per heavy atom. The molecule has 192 valence electrons. The second-order valence-corrected chi connectivity index (χ2v) is 8.88. The lowest BCUT2D eigenvalue weighted by molar-refractivity contribution is -0.139. The van der Waals surface area contributed by atoms with Crippen molar-refractivity contribution in [2.75, 3.05) is 7.11 Å². The number of carboxylic acids is 3. The SMILES string of the molecule is COc1cc(C(=O)O)cc(C)c1-c1ccc(C[C@H](NC(=O)c2c(Cl)cc(C(=O)O)cc2Cl)C(=O)O)cc1. The van der Waals surface area contributed by atoms with E-state index in [9.17, 15) is 29.4 Å². The molecular formula is C26H21Cl2NO8. The molecule has 0 aliphatic heterocycles. The number of benzene rings is 3. The molecule has 0 saturated carbocycles. The molecular weight excluding hydrogens is 525 g/mol. The average Bonchev–Trinajstić information content (AvgIpc) is 2.83. The molecule has 0 aromatic heterocycles. The van der Waals surface area contributed by atoms with Gasteiger partial charge in [-0.2, -0.15) is 0 Å². The van der Waals surface area contributed by atoms with Crippen LogP contribution in [0.3, 0.4) is 0 Å². The molecule has 0 saturated heterocycles. The second-order valence-electron chi connectivity index (χ2n) is 8.06. The minimum Gasteiger partial charge on any atom is -0.496 e. The molecule has 0 bridgehead atoms. The molecule has 9 nitrogen and oxygen atoms in total. The van der Waals surface area contributed by atoms with Crippen molar-refractivity contribution in [2.24, 2.45) is 0 Å². The number of aryl methyl sites for hydroxylation is 1. The lowest BCUT2D eigenvalue weighted by Gasteiger charge is -2.17. The summed E-state index contributed by atoms with van der Waals surface area (Å²) in [5.74, 6) is -4.15. The highest BCUT2D eigenvalue weighted by molar-refractivity contribution is 6.40. The summed E-state index contributed by atoms with van der Waals surface area (Å²) in [5, 5.41) is 30.0. The molecule has 3 aromatic rings. The maximum atomic E-state index is 12.7. The summed E-state index contributed by atoms with van der Waals surface area (Å²) in [4.78, 5) is 47.1. The number of carboxylic acid groups (broad SMARTS) is 3. The maximum absolute atomic E-state index is 12.7. The third-order valence-corrected chi connectivity index (χ3v) is 6.16. The van der Waals surface area contributed by atoms with Gasteiger partial charge in [0, 0.05) is 12.0 Å². The van der Waals surface area contributed by atoms with Crippen molar-refractivity contribution in [2.45, 2.75) is 19.4 Å². The van der Waals surface area contributed by atoms with Crippen LogP contribution >= 0.6 is 23.2 Å². The number of methoxy groups -OCH3 is 1. The first-order chi connectivity index (χ1) is 17.4. The zero-order valence-electron chi connectivity index (χ0n) is 19.5. The lowest BCUT2D eigenvalue weighted by Crippen LogP contribution is -2.42. The molecule has 0 heterocycles. The van der Waals surface area contributed by atoms with E-state index >= 15 is 0 Å². The van der Waals surface area contributed by atoms with Crippen molar-refractivity contribution in [3.8, 4) is 16.9 Å². The van der Waals surface area contributed by atoms with E-state index in [2.05, 4.69) is 5.32 Å². The van der Waals surface area contributed by atoms with E-state index in [1.807, 2.05) is 0 Å². The third kappa shape index (κ3) is 6.19. The van der Waals surface area contributed by atoms with Crippen molar-refractivity contribution in [1.82, 2.24) is 5.32 Å². The summed E-state index contributed by atoms with van der Waals surface area (Å²) in [6.07, 6.45) is -0.0716. The maximum Gasteiger partial charge on any atom is 0.335 e. The minimum absolute atomic E-state index is 0.0716. The number of ether oxygens (including phenoxy) is 1. The quantitative estimate of drug-likeness (QED) is 0.299. The number of carbonyl (C=O) groups excluding carboxylic acids is 1. The molecule has 0 radical (unpaired) electrons. The fourth-order valence-electron chi connectivity index (χ4n) is 3.80. The Balaban J connectivity index is 1.84. The van der Waals surface area contributed by atoms with Gasteiger partial charge in [0.25, 0.3) is 5.91 Å². The normalized spacial score (nSPS) is 11.5. The van der Waals surface area contributed by atoms with E-state index in [4.69, 9.17) is 33.0 Å². The molecule has 0 aliphatic carbocycles. The first-order valence-electron chi connectivity index (χ1n) is 10.7. The number of rotatable bonds is 9. The van der Waals surface area contributed by atoms with E-state index in [-0.39, 0.29) is 33.2 Å². The summed E-state index contributed by atoms with van der Waals surface area (Å²) in [6.45, 7) is 1.76. The van der Waals surface area contributed by atoms with Crippen LogP contribution in [-0.4, -0.2) is 52.3 Å². The topological polar surface area (TPSA) is 150 Å². The highest BCUT2D eigenvalue weighted by atomic mass is 35.5. The monoisotopic (exact) mass is 545 g/mol. The summed E-state index contributed by atoms with van der Waals surface area (Å²) in [5.41, 5.74) is 2.33. The molecule has 3 aromatic carbocycles. The second kappa shape index (κ2) is 11.3. The van der Waals surface area contributed by atoms with Crippen LogP contribution in [-0.2, 0) is 11.2 Å². The Labute approximate surface area is 221 Å². The van der Waals surface area contributed by atoms with Crippen molar-refractivity contribution in [3.05, 3.63) is 86.4 Å². The van der Waals surface area contributed by atoms with Crippen molar-refractivity contribution >= 4 is 47.0 Å². The number of aliphatic carboxylic acids is 1. The highest BCUT2D eigenvalue weighted by Crippen LogP contribution is 2.35. The predicted molar refractivity (Wildman–Crippen MR) is 136 cm³/mol. The van der Waals surface area contributed by atoms with Gasteiger partial charge in [0.2, 0.25) is 0 Å². The van der Waals surface area contributed by atoms with E-state index in [1.54, 1.807) is 31.2 Å². The van der Waals surface area contributed by atoms with E-state index in [1.165, 1.54) is 19.2 Å². The molecule has 0 spiro atoms. The van der Waals surface area contributed by atoms with E-state index < -0.39 is 29.9 Å². The average molecular weight is 546 g/mol. The van der Waals surface area contributed by atoms with Crippen LogP contribution in [0.2, 0.25) is 10.0 Å².